The van der Waals surface area contributed by atoms with Gasteiger partial charge in [-0.3, -0.25) is 9.13 Å². The average molecular weight is 495 g/mol. The molecule has 0 aromatic rings. The van der Waals surface area contributed by atoms with E-state index in [1.54, 1.807) is 27.7 Å². The fourth-order valence-electron chi connectivity index (χ4n) is 3.49. The average Bonchev–Trinajstić information content (AvgIpc) is 2.70. The van der Waals surface area contributed by atoms with Crippen LogP contribution in [0.5, 0.6) is 0 Å². The Morgan fingerprint density at radius 2 is 1.16 bits per heavy atom. The molecule has 0 bridgehead atoms. The van der Waals surface area contributed by atoms with E-state index < -0.39 is 20.6 Å². The molecule has 0 amide bonds. The minimum Gasteiger partial charge on any atom is -0.308 e. The Bertz CT molecular complexity index is 590. The first kappa shape index (κ1) is 31.8. The number of hydrogen-bond acceptors (Lipinski definition) is 6. The molecule has 0 aliphatic rings. The molecule has 32 heavy (non-hydrogen) atoms. The third-order valence-corrected chi connectivity index (χ3v) is 11.1. The van der Waals surface area contributed by atoms with Crippen LogP contribution in [0.1, 0.15) is 99.8 Å². The largest absolute Gasteiger partial charge is 0.345 e. The summed E-state index contributed by atoms with van der Waals surface area (Å²) in [7, 11) is -7.26. The van der Waals surface area contributed by atoms with Crippen LogP contribution >= 0.6 is 15.2 Å². The molecular formula is C24H48O6P2. The SMILES string of the molecule is CCOP(=O)(OCC)C(CCCCCC/C=C(\C)CCC=C(C)C)P(=O)(OCC)OCC. The highest BCUT2D eigenvalue weighted by molar-refractivity contribution is 7.72. The second-order valence-corrected chi connectivity index (χ2v) is 12.9. The lowest BCUT2D eigenvalue weighted by Gasteiger charge is -2.31. The van der Waals surface area contributed by atoms with Crippen molar-refractivity contribution in [2.24, 2.45) is 0 Å². The third kappa shape index (κ3) is 12.9. The van der Waals surface area contributed by atoms with E-state index >= 15 is 0 Å². The summed E-state index contributed by atoms with van der Waals surface area (Å²) in [4.78, 5) is 0. The Kier molecular flexibility index (Phi) is 18.0. The number of allylic oxidation sites excluding steroid dienone is 4. The Balaban J connectivity index is 4.88. The molecule has 0 rings (SSSR count). The third-order valence-electron chi connectivity index (χ3n) is 4.97. The first-order valence-electron chi connectivity index (χ1n) is 12.3. The Morgan fingerprint density at radius 3 is 1.59 bits per heavy atom. The second-order valence-electron chi connectivity index (χ2n) is 8.09. The van der Waals surface area contributed by atoms with Crippen LogP contribution in [0.3, 0.4) is 0 Å². The van der Waals surface area contributed by atoms with Crippen molar-refractivity contribution >= 4 is 15.2 Å². The van der Waals surface area contributed by atoms with E-state index in [0.717, 1.165) is 44.9 Å². The standard InChI is InChI=1S/C24H48O6P2/c1-8-27-31(25,28-9-2)24(32(26,29-10-3)30-11-4)21-16-14-12-13-15-19-23(7)20-17-18-22(5)6/h18-19,24H,8-17,20-21H2,1-7H3/b23-19+. The van der Waals surface area contributed by atoms with Crippen LogP contribution < -0.4 is 0 Å². The van der Waals surface area contributed by atoms with E-state index in [1.165, 1.54) is 11.1 Å². The summed E-state index contributed by atoms with van der Waals surface area (Å²) in [5, 5.41) is -0.896. The molecule has 8 heteroatoms. The molecule has 0 saturated heterocycles. The van der Waals surface area contributed by atoms with Gasteiger partial charge < -0.3 is 18.1 Å². The molecule has 0 aromatic carbocycles. The van der Waals surface area contributed by atoms with Gasteiger partial charge >= 0.3 is 15.2 Å². The van der Waals surface area contributed by atoms with Crippen LogP contribution in [0.25, 0.3) is 0 Å². The highest BCUT2D eigenvalue weighted by Gasteiger charge is 2.50. The van der Waals surface area contributed by atoms with Gasteiger partial charge in [0.15, 0.2) is 5.40 Å². The molecule has 0 atom stereocenters. The lowest BCUT2D eigenvalue weighted by atomic mass is 10.1. The molecule has 0 spiro atoms. The van der Waals surface area contributed by atoms with Crippen molar-refractivity contribution in [3.8, 4) is 0 Å². The normalized spacial score (nSPS) is 13.1. The first-order valence-corrected chi connectivity index (χ1v) is 15.5. The molecule has 6 nitrogen and oxygen atoms in total. The van der Waals surface area contributed by atoms with Crippen molar-refractivity contribution in [3.63, 3.8) is 0 Å². The highest BCUT2D eigenvalue weighted by Crippen LogP contribution is 2.71. The first-order chi connectivity index (χ1) is 15.2. The summed E-state index contributed by atoms with van der Waals surface area (Å²) < 4.78 is 49.1. The summed E-state index contributed by atoms with van der Waals surface area (Å²) in [6.07, 6.45) is 12.2. The van der Waals surface area contributed by atoms with E-state index in [9.17, 15) is 9.13 Å². The van der Waals surface area contributed by atoms with Crippen molar-refractivity contribution in [3.05, 3.63) is 23.3 Å². The highest BCUT2D eigenvalue weighted by atomic mass is 31.2. The summed E-state index contributed by atoms with van der Waals surface area (Å²) in [5.74, 6) is 0. The number of hydrogen-bond donors (Lipinski definition) is 0. The van der Waals surface area contributed by atoms with Crippen LogP contribution in [0, 0.1) is 0 Å². The maximum atomic E-state index is 13.5. The van der Waals surface area contributed by atoms with E-state index in [-0.39, 0.29) is 26.4 Å². The van der Waals surface area contributed by atoms with Crippen LogP contribution in [-0.2, 0) is 27.2 Å². The molecule has 0 aliphatic heterocycles. The minimum absolute atomic E-state index is 0.214. The molecule has 190 valence electrons. The predicted molar refractivity (Wildman–Crippen MR) is 136 cm³/mol. The lowest BCUT2D eigenvalue weighted by molar-refractivity contribution is 0.193. The number of rotatable bonds is 20. The van der Waals surface area contributed by atoms with Crippen molar-refractivity contribution < 1.29 is 27.2 Å². The van der Waals surface area contributed by atoms with Gasteiger partial charge in [0.2, 0.25) is 0 Å². The van der Waals surface area contributed by atoms with Gasteiger partial charge in [-0.25, -0.2) is 0 Å². The molecular weight excluding hydrogens is 446 g/mol. The van der Waals surface area contributed by atoms with Crippen molar-refractivity contribution in [1.29, 1.82) is 0 Å². The van der Waals surface area contributed by atoms with Gasteiger partial charge in [-0.1, -0.05) is 42.6 Å². The summed E-state index contributed by atoms with van der Waals surface area (Å²) in [5.41, 5.74) is 2.80. The minimum atomic E-state index is -3.63. The van der Waals surface area contributed by atoms with Crippen molar-refractivity contribution in [2.45, 2.75) is 105 Å². The summed E-state index contributed by atoms with van der Waals surface area (Å²) in [6.45, 7) is 14.3. The molecule has 0 aliphatic carbocycles. The van der Waals surface area contributed by atoms with E-state index in [2.05, 4.69) is 32.9 Å². The zero-order valence-electron chi connectivity index (χ0n) is 21.6. The Morgan fingerprint density at radius 1 is 0.688 bits per heavy atom. The fourth-order valence-corrected chi connectivity index (χ4v) is 8.95. The zero-order chi connectivity index (χ0) is 24.5. The molecule has 0 aromatic heterocycles. The Hall–Kier alpha value is -0.220. The van der Waals surface area contributed by atoms with E-state index in [4.69, 9.17) is 18.1 Å². The van der Waals surface area contributed by atoms with E-state index in [1.807, 2.05) is 0 Å². The molecule has 0 saturated carbocycles. The van der Waals surface area contributed by atoms with Crippen LogP contribution in [-0.4, -0.2) is 31.8 Å². The Labute approximate surface area is 197 Å². The topological polar surface area (TPSA) is 71.1 Å². The van der Waals surface area contributed by atoms with Gasteiger partial charge in [-0.05, 0) is 80.6 Å². The summed E-state index contributed by atoms with van der Waals surface area (Å²) in [6, 6.07) is 0. The second kappa shape index (κ2) is 18.2. The monoisotopic (exact) mass is 494 g/mol. The smallest absolute Gasteiger partial charge is 0.308 e. The van der Waals surface area contributed by atoms with Crippen molar-refractivity contribution in [2.75, 3.05) is 26.4 Å². The molecule has 0 heterocycles. The van der Waals surface area contributed by atoms with E-state index in [0.29, 0.717) is 6.42 Å². The predicted octanol–water partition coefficient (Wildman–Crippen LogP) is 8.88. The van der Waals surface area contributed by atoms with Gasteiger partial charge in [0.25, 0.3) is 0 Å². The number of unbranched alkanes of at least 4 members (excludes halogenated alkanes) is 4. The molecule has 0 unspecified atom stereocenters. The lowest BCUT2D eigenvalue weighted by Crippen LogP contribution is -2.18. The molecule has 0 N–H and O–H groups in total. The molecule has 0 fully saturated rings. The van der Waals surface area contributed by atoms with Gasteiger partial charge in [0, 0.05) is 0 Å². The molecule has 0 radical (unpaired) electrons. The van der Waals surface area contributed by atoms with Gasteiger partial charge in [0.05, 0.1) is 26.4 Å². The maximum absolute atomic E-state index is 13.5. The van der Waals surface area contributed by atoms with Crippen LogP contribution in [0.4, 0.5) is 0 Å². The van der Waals surface area contributed by atoms with Crippen molar-refractivity contribution in [1.82, 2.24) is 0 Å². The van der Waals surface area contributed by atoms with Crippen LogP contribution in [0.15, 0.2) is 23.3 Å². The van der Waals surface area contributed by atoms with Gasteiger partial charge in [-0.15, -0.1) is 0 Å². The van der Waals surface area contributed by atoms with Crippen LogP contribution in [0.2, 0.25) is 0 Å². The quantitative estimate of drug-likeness (QED) is 0.0956. The fraction of sp³-hybridized carbons (Fsp3) is 0.833. The van der Waals surface area contributed by atoms with Gasteiger partial charge in [0.1, 0.15) is 0 Å². The summed E-state index contributed by atoms with van der Waals surface area (Å²) >= 11 is 0. The zero-order valence-corrected chi connectivity index (χ0v) is 23.4. The maximum Gasteiger partial charge on any atom is 0.345 e. The van der Waals surface area contributed by atoms with Gasteiger partial charge in [-0.2, -0.15) is 0 Å².